The Kier molecular flexibility index (Phi) is 4.70. The molecule has 0 aliphatic heterocycles. The van der Waals surface area contributed by atoms with Gasteiger partial charge < -0.3 is 9.95 Å². The van der Waals surface area contributed by atoms with Crippen molar-refractivity contribution in [2.24, 2.45) is 5.41 Å². The molecule has 19 heavy (non-hydrogen) atoms. The normalized spacial score (nSPS) is 13.9. The van der Waals surface area contributed by atoms with Gasteiger partial charge in [-0.3, -0.25) is 0 Å². The molecule has 1 rings (SSSR count). The Morgan fingerprint density at radius 1 is 1.26 bits per heavy atom. The van der Waals surface area contributed by atoms with Crippen LogP contribution in [-0.2, 0) is 5.54 Å². The summed E-state index contributed by atoms with van der Waals surface area (Å²) in [6, 6.07) is 5.54. The number of rotatable bonds is 4. The predicted molar refractivity (Wildman–Crippen MR) is 77.5 cm³/mol. The number of nitrogens with zero attached hydrogens (tertiary/aromatic N) is 2. The first kappa shape index (κ1) is 15.7. The molecule has 0 saturated carbocycles. The van der Waals surface area contributed by atoms with Crippen molar-refractivity contribution in [3.63, 3.8) is 0 Å². The predicted octanol–water partition coefficient (Wildman–Crippen LogP) is 4.10. The third kappa shape index (κ3) is 4.65. The van der Waals surface area contributed by atoms with Gasteiger partial charge in [0.05, 0.1) is 11.8 Å². The topological polar surface area (TPSA) is 37.5 Å². The quantitative estimate of drug-likeness (QED) is 0.828. The largest absolute Gasteiger partial charge is 0.387 e. The number of pyridine rings is 1. The second kappa shape index (κ2) is 5.71. The Balaban J connectivity index is 2.86. The molecule has 1 aromatic heterocycles. The number of hydrogen-bond donors (Lipinski definition) is 1. The summed E-state index contributed by atoms with van der Waals surface area (Å²) in [7, 11) is 0. The van der Waals surface area contributed by atoms with Crippen LogP contribution in [0.4, 0.5) is 0 Å². The molecule has 0 radical (unpaired) electrons. The van der Waals surface area contributed by atoms with Gasteiger partial charge in [-0.2, -0.15) is 0 Å². The average molecular weight is 260 g/mol. The van der Waals surface area contributed by atoms with Crippen LogP contribution in [0.1, 0.15) is 65.0 Å². The lowest BCUT2D eigenvalue weighted by Crippen LogP contribution is -2.16. The van der Waals surface area contributed by atoms with E-state index in [1.807, 2.05) is 32.0 Å². The Hall–Kier alpha value is -1.40. The van der Waals surface area contributed by atoms with Gasteiger partial charge in [0.15, 0.2) is 0 Å². The third-order valence-corrected chi connectivity index (χ3v) is 3.19. The molecule has 1 aromatic rings. The lowest BCUT2D eigenvalue weighted by atomic mass is 9.88. The Morgan fingerprint density at radius 2 is 1.89 bits per heavy atom. The zero-order chi connectivity index (χ0) is 14.7. The molecule has 3 nitrogen and oxygen atoms in total. The lowest BCUT2D eigenvalue weighted by molar-refractivity contribution is 0.143. The first-order valence-corrected chi connectivity index (χ1v) is 6.70. The second-order valence-corrected chi connectivity index (χ2v) is 6.73. The first-order valence-electron chi connectivity index (χ1n) is 6.70. The minimum Gasteiger partial charge on any atom is -0.387 e. The fraction of sp³-hybridized carbons (Fsp3) is 0.625. The molecule has 1 atom stereocenters. The van der Waals surface area contributed by atoms with Crippen molar-refractivity contribution in [1.29, 1.82) is 0 Å². The number of aliphatic hydroxyl groups is 1. The molecule has 0 unspecified atom stereocenters. The zero-order valence-corrected chi connectivity index (χ0v) is 12.6. The lowest BCUT2D eigenvalue weighted by Gasteiger charge is -2.20. The van der Waals surface area contributed by atoms with Gasteiger partial charge >= 0.3 is 0 Å². The summed E-state index contributed by atoms with van der Waals surface area (Å²) in [4.78, 5) is 8.03. The zero-order valence-electron chi connectivity index (χ0n) is 12.6. The highest BCUT2D eigenvalue weighted by Crippen LogP contribution is 2.28. The van der Waals surface area contributed by atoms with Gasteiger partial charge in [0.25, 0.3) is 5.54 Å². The van der Waals surface area contributed by atoms with Crippen LogP contribution in [0.3, 0.4) is 0 Å². The van der Waals surface area contributed by atoms with E-state index in [4.69, 9.17) is 6.57 Å². The highest BCUT2D eigenvalue weighted by Gasteiger charge is 2.28. The number of aromatic nitrogens is 1. The Morgan fingerprint density at radius 3 is 2.42 bits per heavy atom. The molecule has 104 valence electrons. The standard InChI is InChI=1S/C16H24N2O/c1-15(2,3)11-10-13(19)12-8-7-9-14(18-12)16(4,5)17-6/h7-9,13,19H,10-11H2,1-5H3/t13-/m0/s1. The van der Waals surface area contributed by atoms with Crippen molar-refractivity contribution in [3.05, 3.63) is 41.0 Å². The van der Waals surface area contributed by atoms with Gasteiger partial charge in [-0.25, -0.2) is 11.6 Å². The maximum Gasteiger partial charge on any atom is 0.268 e. The molecule has 1 N–H and O–H groups in total. The molecule has 0 bridgehead atoms. The summed E-state index contributed by atoms with van der Waals surface area (Å²) < 4.78 is 0. The maximum atomic E-state index is 10.2. The molecule has 0 aromatic carbocycles. The third-order valence-electron chi connectivity index (χ3n) is 3.19. The van der Waals surface area contributed by atoms with E-state index in [1.165, 1.54) is 0 Å². The van der Waals surface area contributed by atoms with Crippen molar-refractivity contribution in [1.82, 2.24) is 4.98 Å². The summed E-state index contributed by atoms with van der Waals surface area (Å²) >= 11 is 0. The molecule has 0 saturated heterocycles. The van der Waals surface area contributed by atoms with Crippen molar-refractivity contribution < 1.29 is 5.11 Å². The molecule has 0 aliphatic carbocycles. The van der Waals surface area contributed by atoms with Crippen LogP contribution in [0, 0.1) is 12.0 Å². The van der Waals surface area contributed by atoms with Crippen molar-refractivity contribution >= 4 is 0 Å². The van der Waals surface area contributed by atoms with Crippen LogP contribution in [0.5, 0.6) is 0 Å². The summed E-state index contributed by atoms with van der Waals surface area (Å²) in [6.45, 7) is 17.4. The number of hydrogen-bond acceptors (Lipinski definition) is 2. The van der Waals surface area contributed by atoms with Crippen molar-refractivity contribution in [3.8, 4) is 0 Å². The molecule has 1 heterocycles. The van der Waals surface area contributed by atoms with Crippen LogP contribution >= 0.6 is 0 Å². The van der Waals surface area contributed by atoms with E-state index < -0.39 is 11.6 Å². The smallest absolute Gasteiger partial charge is 0.268 e. The van der Waals surface area contributed by atoms with E-state index in [-0.39, 0.29) is 5.41 Å². The maximum absolute atomic E-state index is 10.2. The minimum atomic E-state index is -0.639. The summed E-state index contributed by atoms with van der Waals surface area (Å²) in [5.74, 6) is 0. The summed E-state index contributed by atoms with van der Waals surface area (Å²) in [6.07, 6.45) is 1.07. The van der Waals surface area contributed by atoms with Gasteiger partial charge in [0, 0.05) is 13.8 Å². The minimum absolute atomic E-state index is 0.203. The highest BCUT2D eigenvalue weighted by atomic mass is 16.3. The average Bonchev–Trinajstić information content (AvgIpc) is 2.35. The van der Waals surface area contributed by atoms with E-state index in [9.17, 15) is 5.11 Å². The molecule has 0 amide bonds. The van der Waals surface area contributed by atoms with E-state index in [2.05, 4.69) is 30.6 Å². The van der Waals surface area contributed by atoms with Crippen LogP contribution in [0.25, 0.3) is 4.85 Å². The molecule has 3 heteroatoms. The molecular weight excluding hydrogens is 236 g/mol. The van der Waals surface area contributed by atoms with Gasteiger partial charge in [-0.05, 0) is 30.4 Å². The summed E-state index contributed by atoms with van der Waals surface area (Å²) in [5.41, 5.74) is 0.946. The van der Waals surface area contributed by atoms with Gasteiger partial charge in [0.2, 0.25) is 0 Å². The molecular formula is C16H24N2O. The van der Waals surface area contributed by atoms with E-state index in [0.717, 1.165) is 12.1 Å². The fourth-order valence-electron chi connectivity index (χ4n) is 1.75. The molecule has 0 spiro atoms. The van der Waals surface area contributed by atoms with Crippen molar-refractivity contribution in [2.75, 3.05) is 0 Å². The van der Waals surface area contributed by atoms with Crippen LogP contribution in [0.15, 0.2) is 18.2 Å². The van der Waals surface area contributed by atoms with E-state index in [1.54, 1.807) is 0 Å². The van der Waals surface area contributed by atoms with E-state index in [0.29, 0.717) is 12.1 Å². The van der Waals surface area contributed by atoms with Crippen LogP contribution < -0.4 is 0 Å². The van der Waals surface area contributed by atoms with E-state index >= 15 is 0 Å². The summed E-state index contributed by atoms with van der Waals surface area (Å²) in [5, 5.41) is 10.2. The fourth-order valence-corrected chi connectivity index (χ4v) is 1.75. The SMILES string of the molecule is [C-]#[N+]C(C)(C)c1cccc([C@@H](O)CCC(C)(C)C)n1. The van der Waals surface area contributed by atoms with Crippen molar-refractivity contribution in [2.45, 2.75) is 59.1 Å². The molecule has 0 fully saturated rings. The van der Waals surface area contributed by atoms with Gasteiger partial charge in [-0.1, -0.05) is 26.8 Å². The van der Waals surface area contributed by atoms with Crippen LogP contribution in [0.2, 0.25) is 0 Å². The van der Waals surface area contributed by atoms with Gasteiger partial charge in [-0.15, -0.1) is 0 Å². The molecule has 0 aliphatic rings. The second-order valence-electron chi connectivity index (χ2n) is 6.73. The monoisotopic (exact) mass is 260 g/mol. The first-order chi connectivity index (χ1) is 8.65. The number of aliphatic hydroxyl groups excluding tert-OH is 1. The van der Waals surface area contributed by atoms with Gasteiger partial charge in [0.1, 0.15) is 5.69 Å². The Bertz CT molecular complexity index is 466. The highest BCUT2D eigenvalue weighted by molar-refractivity contribution is 5.21. The van der Waals surface area contributed by atoms with Crippen LogP contribution in [-0.4, -0.2) is 10.1 Å². The Labute approximate surface area is 116 Å².